The number of hydrogen-bond acceptors (Lipinski definition) is 4. The van der Waals surface area contributed by atoms with Gasteiger partial charge in [-0.15, -0.1) is 13.2 Å². The van der Waals surface area contributed by atoms with Crippen LogP contribution in [-0.4, -0.2) is 17.3 Å². The number of nitrogens with two attached hydrogens (primary N) is 1. The monoisotopic (exact) mass is 370 g/mol. The average Bonchev–Trinajstić information content (AvgIpc) is 3.00. The molecule has 6 nitrogen and oxygen atoms in total. The molecule has 2 aromatic rings. The maximum absolute atomic E-state index is 12.1. The molecule has 0 bridgehead atoms. The third-order valence-corrected chi connectivity index (χ3v) is 3.30. The van der Waals surface area contributed by atoms with Crippen LogP contribution >= 0.6 is 0 Å². The van der Waals surface area contributed by atoms with E-state index in [1.54, 1.807) is 6.20 Å². The van der Waals surface area contributed by atoms with E-state index in [4.69, 9.17) is 10.2 Å². The molecule has 3 N–H and O–H groups in total. The van der Waals surface area contributed by atoms with Crippen molar-refractivity contribution in [2.24, 2.45) is 10.7 Å². The Labute approximate surface area is 149 Å². The summed E-state index contributed by atoms with van der Waals surface area (Å²) in [5.74, 6) is 1.15. The summed E-state index contributed by atoms with van der Waals surface area (Å²) in [5, 5.41) is 2.87. The molecule has 0 unspecified atom stereocenters. The van der Waals surface area contributed by atoms with Crippen LogP contribution in [0.1, 0.15) is 38.0 Å². The maximum Gasteiger partial charge on any atom is 0.573 e. The Morgan fingerprint density at radius 1 is 1.23 bits per heavy atom. The first-order valence-corrected chi connectivity index (χ1v) is 7.86. The van der Waals surface area contributed by atoms with Crippen LogP contribution in [0, 0.1) is 0 Å². The minimum absolute atomic E-state index is 0.132. The minimum atomic E-state index is -4.71. The Morgan fingerprint density at radius 3 is 2.42 bits per heavy atom. The number of nitrogens with one attached hydrogen (secondary N) is 1. The van der Waals surface area contributed by atoms with Crippen LogP contribution < -0.4 is 15.8 Å². The minimum Gasteiger partial charge on any atom is -0.443 e. The van der Waals surface area contributed by atoms with Gasteiger partial charge in [-0.2, -0.15) is 0 Å². The molecule has 0 aliphatic rings. The van der Waals surface area contributed by atoms with Crippen molar-refractivity contribution in [2.75, 3.05) is 0 Å². The normalized spacial score (nSPS) is 12.9. The van der Waals surface area contributed by atoms with Gasteiger partial charge in [0.15, 0.2) is 5.96 Å². The molecule has 0 saturated carbocycles. The summed E-state index contributed by atoms with van der Waals surface area (Å²) in [7, 11) is 0. The molecule has 0 radical (unpaired) electrons. The summed E-state index contributed by atoms with van der Waals surface area (Å²) in [5.41, 5.74) is 6.33. The summed E-state index contributed by atoms with van der Waals surface area (Å²) < 4.78 is 45.7. The standard InChI is InChI=1S/C17H21F3N4O2/c1-16(2,3)13-9-22-14(25-13)10-24-15(21)23-8-11-4-6-12(7-5-11)26-17(18,19)20/h4-7,9H,8,10H2,1-3H3,(H3,21,23,24). The molecule has 0 atom stereocenters. The van der Waals surface area contributed by atoms with Crippen LogP contribution in [0.4, 0.5) is 13.2 Å². The summed E-state index contributed by atoms with van der Waals surface area (Å²) in [6, 6.07) is 5.43. The van der Waals surface area contributed by atoms with Gasteiger partial charge < -0.3 is 20.2 Å². The Morgan fingerprint density at radius 2 is 1.88 bits per heavy atom. The lowest BCUT2D eigenvalue weighted by Gasteiger charge is -2.13. The van der Waals surface area contributed by atoms with Crippen molar-refractivity contribution in [1.29, 1.82) is 0 Å². The number of nitrogens with zero attached hydrogens (tertiary/aromatic N) is 2. The van der Waals surface area contributed by atoms with Crippen LogP contribution in [0.25, 0.3) is 0 Å². The lowest BCUT2D eigenvalue weighted by molar-refractivity contribution is -0.274. The molecule has 142 valence electrons. The van der Waals surface area contributed by atoms with Crippen molar-refractivity contribution in [3.8, 4) is 5.75 Å². The SMILES string of the molecule is CC(C)(C)c1cnc(CNC(N)=NCc2ccc(OC(F)(F)F)cc2)o1. The van der Waals surface area contributed by atoms with E-state index in [0.717, 1.165) is 5.76 Å². The lowest BCUT2D eigenvalue weighted by Crippen LogP contribution is -2.31. The van der Waals surface area contributed by atoms with Crippen LogP contribution in [-0.2, 0) is 18.5 Å². The number of ether oxygens (including phenoxy) is 1. The number of rotatable bonds is 5. The molecule has 1 aromatic heterocycles. The number of halogens is 3. The number of aliphatic imine (C=N–C) groups is 1. The Hall–Kier alpha value is -2.71. The van der Waals surface area contributed by atoms with E-state index in [2.05, 4.69) is 20.0 Å². The van der Waals surface area contributed by atoms with Gasteiger partial charge in [0.05, 0.1) is 19.3 Å². The molecule has 0 amide bonds. The maximum atomic E-state index is 12.1. The Kier molecular flexibility index (Phi) is 5.79. The van der Waals surface area contributed by atoms with E-state index in [1.807, 2.05) is 20.8 Å². The number of aromatic nitrogens is 1. The van der Waals surface area contributed by atoms with Crippen molar-refractivity contribution in [1.82, 2.24) is 10.3 Å². The average molecular weight is 370 g/mol. The fourth-order valence-electron chi connectivity index (χ4n) is 1.93. The second-order valence-corrected chi connectivity index (χ2v) is 6.62. The molecule has 0 fully saturated rings. The molecule has 0 saturated heterocycles. The highest BCUT2D eigenvalue weighted by Crippen LogP contribution is 2.23. The van der Waals surface area contributed by atoms with E-state index in [1.165, 1.54) is 24.3 Å². The number of benzene rings is 1. The summed E-state index contributed by atoms with van der Waals surface area (Å²) in [4.78, 5) is 8.29. The number of alkyl halides is 3. The van der Waals surface area contributed by atoms with Crippen molar-refractivity contribution in [2.45, 2.75) is 45.6 Å². The van der Waals surface area contributed by atoms with Crippen molar-refractivity contribution >= 4 is 5.96 Å². The van der Waals surface area contributed by atoms with E-state index in [0.29, 0.717) is 11.5 Å². The fraction of sp³-hybridized carbons (Fsp3) is 0.412. The lowest BCUT2D eigenvalue weighted by atomic mass is 9.94. The molecule has 1 aromatic carbocycles. The third kappa shape index (κ3) is 6.30. The zero-order valence-corrected chi connectivity index (χ0v) is 14.7. The molecule has 26 heavy (non-hydrogen) atoms. The van der Waals surface area contributed by atoms with Crippen molar-refractivity contribution in [3.63, 3.8) is 0 Å². The fourth-order valence-corrected chi connectivity index (χ4v) is 1.93. The van der Waals surface area contributed by atoms with Crippen LogP contribution in [0.15, 0.2) is 39.9 Å². The highest BCUT2D eigenvalue weighted by Gasteiger charge is 2.30. The van der Waals surface area contributed by atoms with Gasteiger partial charge in [0.1, 0.15) is 11.5 Å². The second kappa shape index (κ2) is 7.67. The molecule has 1 heterocycles. The van der Waals surface area contributed by atoms with Gasteiger partial charge in [-0.25, -0.2) is 9.98 Å². The van der Waals surface area contributed by atoms with Gasteiger partial charge >= 0.3 is 6.36 Å². The van der Waals surface area contributed by atoms with Crippen molar-refractivity contribution in [3.05, 3.63) is 47.7 Å². The topological polar surface area (TPSA) is 85.7 Å². The van der Waals surface area contributed by atoms with Gasteiger partial charge in [0.25, 0.3) is 0 Å². The predicted molar refractivity (Wildman–Crippen MR) is 90.5 cm³/mol. The third-order valence-electron chi connectivity index (χ3n) is 3.30. The highest BCUT2D eigenvalue weighted by molar-refractivity contribution is 5.77. The van der Waals surface area contributed by atoms with E-state index in [-0.39, 0.29) is 30.2 Å². The zero-order valence-electron chi connectivity index (χ0n) is 14.7. The number of hydrogen-bond donors (Lipinski definition) is 2. The smallest absolute Gasteiger partial charge is 0.443 e. The van der Waals surface area contributed by atoms with Gasteiger partial charge in [0, 0.05) is 5.41 Å². The Balaban J connectivity index is 1.85. The van der Waals surface area contributed by atoms with E-state index < -0.39 is 6.36 Å². The molecule has 0 spiro atoms. The molecule has 0 aliphatic carbocycles. The Bertz CT molecular complexity index is 747. The summed E-state index contributed by atoms with van der Waals surface area (Å²) >= 11 is 0. The first-order chi connectivity index (χ1) is 12.0. The predicted octanol–water partition coefficient (Wildman–Crippen LogP) is 3.48. The van der Waals surface area contributed by atoms with Crippen LogP contribution in [0.3, 0.4) is 0 Å². The second-order valence-electron chi connectivity index (χ2n) is 6.62. The summed E-state index contributed by atoms with van der Waals surface area (Å²) in [6.07, 6.45) is -3.03. The van der Waals surface area contributed by atoms with E-state index in [9.17, 15) is 13.2 Å². The first-order valence-electron chi connectivity index (χ1n) is 7.86. The highest BCUT2D eigenvalue weighted by atomic mass is 19.4. The van der Waals surface area contributed by atoms with Crippen LogP contribution in [0.2, 0.25) is 0 Å². The number of oxazole rings is 1. The molecule has 9 heteroatoms. The molecule has 2 rings (SSSR count). The van der Waals surface area contributed by atoms with Gasteiger partial charge in [0.2, 0.25) is 5.89 Å². The van der Waals surface area contributed by atoms with Gasteiger partial charge in [-0.1, -0.05) is 32.9 Å². The van der Waals surface area contributed by atoms with Gasteiger partial charge in [-0.3, -0.25) is 0 Å². The zero-order chi connectivity index (χ0) is 19.4. The van der Waals surface area contributed by atoms with Crippen LogP contribution in [0.5, 0.6) is 5.75 Å². The number of guanidine groups is 1. The summed E-state index contributed by atoms with van der Waals surface area (Å²) in [6.45, 7) is 6.55. The molecular weight excluding hydrogens is 349 g/mol. The quantitative estimate of drug-likeness (QED) is 0.622. The van der Waals surface area contributed by atoms with Gasteiger partial charge in [-0.05, 0) is 17.7 Å². The molecule has 0 aliphatic heterocycles. The van der Waals surface area contributed by atoms with Crippen molar-refractivity contribution < 1.29 is 22.3 Å². The molecular formula is C17H21F3N4O2. The first kappa shape index (κ1) is 19.6. The van der Waals surface area contributed by atoms with E-state index >= 15 is 0 Å². The largest absolute Gasteiger partial charge is 0.573 e.